The van der Waals surface area contributed by atoms with Crippen molar-refractivity contribution in [2.45, 2.75) is 25.8 Å². The summed E-state index contributed by atoms with van der Waals surface area (Å²) in [6.07, 6.45) is 5.72. The number of carbonyl (C=O) groups is 1. The summed E-state index contributed by atoms with van der Waals surface area (Å²) in [6, 6.07) is 7.74. The lowest BCUT2D eigenvalue weighted by Gasteiger charge is -2.30. The molecule has 1 aliphatic heterocycles. The molecule has 1 saturated heterocycles. The van der Waals surface area contributed by atoms with Crippen LogP contribution in [0.5, 0.6) is 0 Å². The molecule has 2 aliphatic rings. The van der Waals surface area contributed by atoms with E-state index in [4.69, 9.17) is 11.6 Å². The summed E-state index contributed by atoms with van der Waals surface area (Å²) < 4.78 is 0. The van der Waals surface area contributed by atoms with Crippen molar-refractivity contribution in [3.63, 3.8) is 0 Å². The minimum Gasteiger partial charge on any atom is -0.354 e. The first-order valence-corrected chi connectivity index (χ1v) is 10.2. The molecular weight excluding hydrogens is 388 g/mol. The van der Waals surface area contributed by atoms with Crippen molar-refractivity contribution in [2.24, 2.45) is 5.41 Å². The van der Waals surface area contributed by atoms with Crippen LogP contribution in [0.4, 0.5) is 16.3 Å². The summed E-state index contributed by atoms with van der Waals surface area (Å²) in [4.78, 5) is 29.0. The van der Waals surface area contributed by atoms with E-state index in [2.05, 4.69) is 32.2 Å². The van der Waals surface area contributed by atoms with Crippen LogP contribution in [0.2, 0.25) is 5.02 Å². The second kappa shape index (κ2) is 6.62. The molecule has 3 aromatic rings. The molecule has 1 spiro atoms. The van der Waals surface area contributed by atoms with E-state index < -0.39 is 0 Å². The molecule has 5 rings (SSSR count). The lowest BCUT2D eigenvalue weighted by Crippen LogP contribution is -2.40. The van der Waals surface area contributed by atoms with Crippen molar-refractivity contribution in [3.8, 4) is 0 Å². The molecule has 1 aromatic carbocycles. The van der Waals surface area contributed by atoms with Crippen molar-refractivity contribution in [1.82, 2.24) is 19.9 Å². The second-order valence-electron chi connectivity index (χ2n) is 8.20. The minimum absolute atomic E-state index is 0.0819. The van der Waals surface area contributed by atoms with E-state index in [1.807, 2.05) is 36.2 Å². The van der Waals surface area contributed by atoms with Crippen LogP contribution < -0.4 is 10.2 Å². The zero-order valence-corrected chi connectivity index (χ0v) is 17.2. The van der Waals surface area contributed by atoms with Crippen molar-refractivity contribution < 1.29 is 4.79 Å². The predicted octanol–water partition coefficient (Wildman–Crippen LogP) is 4.05. The normalized spacial score (nSPS) is 19.7. The van der Waals surface area contributed by atoms with Crippen LogP contribution in [0, 0.1) is 12.3 Å². The summed E-state index contributed by atoms with van der Waals surface area (Å²) in [5.41, 5.74) is 2.68. The number of nitrogens with zero attached hydrogens (tertiary/aromatic N) is 4. The summed E-state index contributed by atoms with van der Waals surface area (Å²) in [5.74, 6) is 0.903. The van der Waals surface area contributed by atoms with E-state index in [1.165, 1.54) is 0 Å². The highest BCUT2D eigenvalue weighted by Gasteiger charge is 2.57. The lowest BCUT2D eigenvalue weighted by atomic mass is 9.99. The van der Waals surface area contributed by atoms with Gasteiger partial charge in [-0.25, -0.2) is 14.8 Å². The first kappa shape index (κ1) is 18.2. The summed E-state index contributed by atoms with van der Waals surface area (Å²) in [6.45, 7) is 3.37. The Kier molecular flexibility index (Phi) is 4.17. The van der Waals surface area contributed by atoms with Crippen molar-refractivity contribution in [2.75, 3.05) is 30.4 Å². The maximum atomic E-state index is 12.9. The fourth-order valence-corrected chi connectivity index (χ4v) is 4.63. The van der Waals surface area contributed by atoms with Gasteiger partial charge in [0.25, 0.3) is 0 Å². The number of nitrogens with one attached hydrogen (secondary N) is 2. The zero-order valence-electron chi connectivity index (χ0n) is 16.4. The molecule has 2 N–H and O–H groups in total. The predicted molar refractivity (Wildman–Crippen MR) is 115 cm³/mol. The Labute approximate surface area is 174 Å². The van der Waals surface area contributed by atoms with Crippen molar-refractivity contribution >= 4 is 40.2 Å². The van der Waals surface area contributed by atoms with Gasteiger partial charge in [0.15, 0.2) is 0 Å². The molecule has 1 atom stereocenters. The Morgan fingerprint density at radius 2 is 2.17 bits per heavy atom. The minimum atomic E-state index is -0.0819. The van der Waals surface area contributed by atoms with Gasteiger partial charge >= 0.3 is 6.03 Å². The van der Waals surface area contributed by atoms with Gasteiger partial charge in [-0.2, -0.15) is 0 Å². The molecule has 150 valence electrons. The molecule has 1 aliphatic carbocycles. The fourth-order valence-electron chi connectivity index (χ4n) is 4.45. The van der Waals surface area contributed by atoms with Gasteiger partial charge in [0, 0.05) is 42.5 Å². The zero-order chi connectivity index (χ0) is 20.2. The number of amides is 2. The number of rotatable bonds is 3. The highest BCUT2D eigenvalue weighted by Crippen LogP contribution is 2.55. The summed E-state index contributed by atoms with van der Waals surface area (Å²) in [5, 5.41) is 4.65. The summed E-state index contributed by atoms with van der Waals surface area (Å²) >= 11 is 6.20. The number of aryl methyl sites for hydroxylation is 1. The van der Waals surface area contributed by atoms with Crippen LogP contribution in [0.15, 0.2) is 36.8 Å². The average molecular weight is 411 g/mol. The molecule has 3 heterocycles. The number of urea groups is 1. The SMILES string of the molecule is Cc1ccc(NC(=O)N2C[C@H](N(C)c3ncnc4[nH]ccc34)C3(CC3)C2)cc1Cl. The Morgan fingerprint density at radius 3 is 2.93 bits per heavy atom. The average Bonchev–Trinajstić information content (AvgIpc) is 3.14. The quantitative estimate of drug-likeness (QED) is 0.682. The third kappa shape index (κ3) is 3.09. The first-order valence-electron chi connectivity index (χ1n) is 9.80. The standard InChI is InChI=1S/C21H23ClN6O/c1-13-3-4-14(9-16(13)22)26-20(29)28-10-17(21(11-28)6-7-21)27(2)19-15-5-8-23-18(15)24-12-25-19/h3-5,8-9,12,17H,6-7,10-11H2,1-2H3,(H,26,29)(H,23,24,25)/t17-/m0/s1. The van der Waals surface area contributed by atoms with Gasteiger partial charge in [-0.1, -0.05) is 17.7 Å². The molecule has 7 nitrogen and oxygen atoms in total. The van der Waals surface area contributed by atoms with Gasteiger partial charge in [0.2, 0.25) is 0 Å². The van der Waals surface area contributed by atoms with E-state index in [-0.39, 0.29) is 17.5 Å². The molecule has 2 amide bonds. The number of aromatic nitrogens is 3. The van der Waals surface area contributed by atoms with Gasteiger partial charge < -0.3 is 20.1 Å². The van der Waals surface area contributed by atoms with Crippen LogP contribution >= 0.6 is 11.6 Å². The van der Waals surface area contributed by atoms with Crippen molar-refractivity contribution in [1.29, 1.82) is 0 Å². The van der Waals surface area contributed by atoms with Crippen LogP contribution in [0.1, 0.15) is 18.4 Å². The second-order valence-corrected chi connectivity index (χ2v) is 8.61. The molecule has 29 heavy (non-hydrogen) atoms. The number of aromatic amines is 1. The van der Waals surface area contributed by atoms with Gasteiger partial charge in [0.05, 0.1) is 11.4 Å². The van der Waals surface area contributed by atoms with Crippen LogP contribution in [0.3, 0.4) is 0 Å². The highest BCUT2D eigenvalue weighted by atomic mass is 35.5. The topological polar surface area (TPSA) is 77.2 Å². The third-order valence-electron chi connectivity index (χ3n) is 6.34. The number of halogens is 1. The van der Waals surface area contributed by atoms with Gasteiger partial charge in [-0.3, -0.25) is 0 Å². The number of H-pyrrole nitrogens is 1. The number of likely N-dealkylation sites (tertiary alicyclic amines) is 1. The molecule has 0 bridgehead atoms. The number of hydrogen-bond acceptors (Lipinski definition) is 4. The first-order chi connectivity index (χ1) is 14.0. The van der Waals surface area contributed by atoms with Crippen LogP contribution in [0.25, 0.3) is 11.0 Å². The number of likely N-dealkylation sites (N-methyl/N-ethyl adjacent to an activating group) is 1. The molecule has 2 fully saturated rings. The van der Waals surface area contributed by atoms with Crippen molar-refractivity contribution in [3.05, 3.63) is 47.4 Å². The van der Waals surface area contributed by atoms with E-state index in [1.54, 1.807) is 12.4 Å². The number of fused-ring (bicyclic) bond motifs is 1. The Bertz CT molecular complexity index is 1090. The largest absolute Gasteiger partial charge is 0.354 e. The van der Waals surface area contributed by atoms with E-state index in [9.17, 15) is 4.79 Å². The van der Waals surface area contributed by atoms with E-state index in [0.29, 0.717) is 11.6 Å². The highest BCUT2D eigenvalue weighted by molar-refractivity contribution is 6.31. The maximum absolute atomic E-state index is 12.9. The van der Waals surface area contributed by atoms with Gasteiger partial charge in [-0.15, -0.1) is 0 Å². The maximum Gasteiger partial charge on any atom is 0.321 e. The number of carbonyl (C=O) groups excluding carboxylic acids is 1. The molecule has 0 radical (unpaired) electrons. The Balaban J connectivity index is 1.36. The number of benzene rings is 1. The monoisotopic (exact) mass is 410 g/mol. The van der Waals surface area contributed by atoms with Crippen LogP contribution in [-0.4, -0.2) is 52.1 Å². The molecule has 8 heteroatoms. The lowest BCUT2D eigenvalue weighted by molar-refractivity contribution is 0.220. The molecule has 0 unspecified atom stereocenters. The molecule has 1 saturated carbocycles. The summed E-state index contributed by atoms with van der Waals surface area (Å²) in [7, 11) is 2.07. The number of anilines is 2. The Hall–Kier alpha value is -2.80. The van der Waals surface area contributed by atoms with E-state index in [0.717, 1.165) is 47.5 Å². The van der Waals surface area contributed by atoms with Gasteiger partial charge in [0.1, 0.15) is 17.8 Å². The smallest absolute Gasteiger partial charge is 0.321 e. The number of hydrogen-bond donors (Lipinski definition) is 2. The molecule has 2 aromatic heterocycles. The van der Waals surface area contributed by atoms with Gasteiger partial charge in [-0.05, 0) is 43.5 Å². The fraction of sp³-hybridized carbons (Fsp3) is 0.381. The molecular formula is C21H23ClN6O. The van der Waals surface area contributed by atoms with E-state index >= 15 is 0 Å². The van der Waals surface area contributed by atoms with Crippen LogP contribution in [-0.2, 0) is 0 Å². The third-order valence-corrected chi connectivity index (χ3v) is 6.75. The Morgan fingerprint density at radius 1 is 1.34 bits per heavy atom.